The SMILES string of the molecule is CC(C)OC(=O)[C@H]1OC(C)(C)O[C@]1(C(=O)OC(C)C)[C@@H](O)c1ccccc1. The summed E-state index contributed by atoms with van der Waals surface area (Å²) in [5.41, 5.74) is -1.71. The zero-order valence-corrected chi connectivity index (χ0v) is 16.6. The van der Waals surface area contributed by atoms with Crippen molar-refractivity contribution in [2.45, 2.75) is 77.3 Å². The van der Waals surface area contributed by atoms with Crippen LogP contribution in [0.4, 0.5) is 0 Å². The maximum absolute atomic E-state index is 13.1. The highest BCUT2D eigenvalue weighted by molar-refractivity contribution is 5.91. The molecule has 0 radical (unpaired) electrons. The average Bonchev–Trinajstić information content (AvgIpc) is 2.87. The van der Waals surface area contributed by atoms with Crippen molar-refractivity contribution in [3.8, 4) is 0 Å². The summed E-state index contributed by atoms with van der Waals surface area (Å²) in [6, 6.07) is 8.46. The number of ether oxygens (including phenoxy) is 4. The number of aliphatic hydroxyl groups excluding tert-OH is 1. The van der Waals surface area contributed by atoms with E-state index in [1.54, 1.807) is 71.9 Å². The third kappa shape index (κ3) is 4.48. The molecule has 1 aliphatic heterocycles. The molecule has 7 nitrogen and oxygen atoms in total. The van der Waals surface area contributed by atoms with Gasteiger partial charge in [-0.2, -0.15) is 0 Å². The van der Waals surface area contributed by atoms with Crippen molar-refractivity contribution < 1.29 is 33.6 Å². The highest BCUT2D eigenvalue weighted by Gasteiger charge is 2.67. The molecule has 1 N–H and O–H groups in total. The fourth-order valence-electron chi connectivity index (χ4n) is 3.02. The van der Waals surface area contributed by atoms with Gasteiger partial charge in [0.1, 0.15) is 6.10 Å². The Bertz CT molecular complexity index is 668. The lowest BCUT2D eigenvalue weighted by Gasteiger charge is -2.35. The number of benzene rings is 1. The van der Waals surface area contributed by atoms with E-state index in [-0.39, 0.29) is 0 Å². The van der Waals surface area contributed by atoms with Crippen LogP contribution in [0.2, 0.25) is 0 Å². The first-order valence-electron chi connectivity index (χ1n) is 9.02. The fraction of sp³-hybridized carbons (Fsp3) is 0.600. The summed E-state index contributed by atoms with van der Waals surface area (Å²) >= 11 is 0. The molecule has 0 amide bonds. The van der Waals surface area contributed by atoms with Crippen molar-refractivity contribution >= 4 is 11.9 Å². The van der Waals surface area contributed by atoms with E-state index in [4.69, 9.17) is 18.9 Å². The third-order valence-electron chi connectivity index (χ3n) is 3.96. The molecule has 0 saturated carbocycles. The maximum atomic E-state index is 13.1. The van der Waals surface area contributed by atoms with Gasteiger partial charge in [0.05, 0.1) is 12.2 Å². The molecular weight excluding hydrogens is 352 g/mol. The largest absolute Gasteiger partial charge is 0.461 e. The highest BCUT2D eigenvalue weighted by Crippen LogP contribution is 2.46. The lowest BCUT2D eigenvalue weighted by molar-refractivity contribution is -0.211. The van der Waals surface area contributed by atoms with Gasteiger partial charge in [-0.1, -0.05) is 30.3 Å². The van der Waals surface area contributed by atoms with E-state index >= 15 is 0 Å². The first kappa shape index (κ1) is 21.3. The maximum Gasteiger partial charge on any atom is 0.345 e. The summed E-state index contributed by atoms with van der Waals surface area (Å²) in [4.78, 5) is 25.8. The van der Waals surface area contributed by atoms with Crippen LogP contribution >= 0.6 is 0 Å². The lowest BCUT2D eigenvalue weighted by atomic mass is 9.85. The number of aliphatic hydroxyl groups is 1. The summed E-state index contributed by atoms with van der Waals surface area (Å²) in [5.74, 6) is -3.00. The minimum Gasteiger partial charge on any atom is -0.461 e. The summed E-state index contributed by atoms with van der Waals surface area (Å²) < 4.78 is 22.2. The van der Waals surface area contributed by atoms with Gasteiger partial charge in [0, 0.05) is 0 Å². The summed E-state index contributed by atoms with van der Waals surface area (Å²) in [5, 5.41) is 11.1. The van der Waals surface area contributed by atoms with Crippen molar-refractivity contribution in [1.29, 1.82) is 0 Å². The monoisotopic (exact) mass is 380 g/mol. The normalized spacial score (nSPS) is 25.4. The van der Waals surface area contributed by atoms with Crippen molar-refractivity contribution in [3.05, 3.63) is 35.9 Å². The van der Waals surface area contributed by atoms with Crippen LogP contribution < -0.4 is 0 Å². The van der Waals surface area contributed by atoms with E-state index in [0.29, 0.717) is 5.56 Å². The number of hydrogen-bond acceptors (Lipinski definition) is 7. The molecule has 3 atom stereocenters. The molecule has 0 spiro atoms. The second-order valence-electron chi connectivity index (χ2n) is 7.55. The minimum atomic E-state index is -2.10. The fourth-order valence-corrected chi connectivity index (χ4v) is 3.02. The van der Waals surface area contributed by atoms with Crippen LogP contribution in [-0.2, 0) is 28.5 Å². The predicted octanol–water partition coefficient (Wildman–Crippen LogP) is 2.51. The smallest absolute Gasteiger partial charge is 0.345 e. The number of rotatable bonds is 6. The number of carbonyl (C=O) groups is 2. The molecular formula is C20H28O7. The Morgan fingerprint density at radius 3 is 2.11 bits per heavy atom. The first-order valence-corrected chi connectivity index (χ1v) is 9.02. The van der Waals surface area contributed by atoms with Gasteiger partial charge >= 0.3 is 11.9 Å². The van der Waals surface area contributed by atoms with Crippen LogP contribution in [-0.4, -0.2) is 46.7 Å². The molecule has 150 valence electrons. The van der Waals surface area contributed by atoms with Gasteiger partial charge in [0.15, 0.2) is 5.79 Å². The molecule has 1 heterocycles. The van der Waals surface area contributed by atoms with Crippen LogP contribution in [0, 0.1) is 0 Å². The van der Waals surface area contributed by atoms with Crippen molar-refractivity contribution in [3.63, 3.8) is 0 Å². The Morgan fingerprint density at radius 1 is 1.04 bits per heavy atom. The number of carbonyl (C=O) groups excluding carboxylic acids is 2. The molecule has 0 aromatic heterocycles. The van der Waals surface area contributed by atoms with E-state index in [2.05, 4.69) is 0 Å². The van der Waals surface area contributed by atoms with Gasteiger partial charge in [-0.25, -0.2) is 9.59 Å². The minimum absolute atomic E-state index is 0.391. The first-order chi connectivity index (χ1) is 12.5. The molecule has 1 saturated heterocycles. The van der Waals surface area contributed by atoms with Gasteiger partial charge in [-0.3, -0.25) is 0 Å². The van der Waals surface area contributed by atoms with Gasteiger partial charge < -0.3 is 24.1 Å². The summed E-state index contributed by atoms with van der Waals surface area (Å²) in [7, 11) is 0. The van der Waals surface area contributed by atoms with Crippen LogP contribution in [0.25, 0.3) is 0 Å². The van der Waals surface area contributed by atoms with E-state index in [9.17, 15) is 14.7 Å². The second-order valence-corrected chi connectivity index (χ2v) is 7.55. The van der Waals surface area contributed by atoms with Crippen LogP contribution in [0.3, 0.4) is 0 Å². The van der Waals surface area contributed by atoms with E-state index < -0.39 is 47.7 Å². The summed E-state index contributed by atoms with van der Waals surface area (Å²) in [6.45, 7) is 9.82. The molecule has 1 aromatic rings. The van der Waals surface area contributed by atoms with E-state index in [1.807, 2.05) is 0 Å². The van der Waals surface area contributed by atoms with Gasteiger partial charge in [0.25, 0.3) is 0 Å². The van der Waals surface area contributed by atoms with Crippen molar-refractivity contribution in [2.24, 2.45) is 0 Å². The topological polar surface area (TPSA) is 91.3 Å². The summed E-state index contributed by atoms with van der Waals surface area (Å²) in [6.07, 6.45) is -3.91. The Hall–Kier alpha value is -1.96. The zero-order chi connectivity index (χ0) is 20.4. The van der Waals surface area contributed by atoms with Crippen LogP contribution in [0.15, 0.2) is 30.3 Å². The van der Waals surface area contributed by atoms with Crippen molar-refractivity contribution in [1.82, 2.24) is 0 Å². The molecule has 1 fully saturated rings. The Morgan fingerprint density at radius 2 is 1.59 bits per heavy atom. The Kier molecular flexibility index (Phi) is 6.29. The van der Waals surface area contributed by atoms with Crippen LogP contribution in [0.1, 0.15) is 53.2 Å². The molecule has 1 aromatic carbocycles. The molecule has 0 aliphatic carbocycles. The van der Waals surface area contributed by atoms with Crippen LogP contribution in [0.5, 0.6) is 0 Å². The predicted molar refractivity (Wildman–Crippen MR) is 96.6 cm³/mol. The van der Waals surface area contributed by atoms with Gasteiger partial charge in [-0.05, 0) is 47.1 Å². The average molecular weight is 380 g/mol. The van der Waals surface area contributed by atoms with Crippen molar-refractivity contribution in [2.75, 3.05) is 0 Å². The lowest BCUT2D eigenvalue weighted by Crippen LogP contribution is -2.57. The van der Waals surface area contributed by atoms with E-state index in [1.165, 1.54) is 0 Å². The zero-order valence-electron chi connectivity index (χ0n) is 16.6. The number of hydrogen-bond donors (Lipinski definition) is 1. The third-order valence-corrected chi connectivity index (χ3v) is 3.96. The second kappa shape index (κ2) is 7.96. The molecule has 0 unspecified atom stereocenters. The standard InChI is InChI=1S/C20H28O7/c1-12(2)24-17(22)16-20(18(23)25-13(3)4,27-19(5,6)26-16)15(21)14-10-8-7-9-11-14/h7-13,15-16,21H,1-6H3/t15-,16+,20+/m0/s1. The Labute approximate surface area is 159 Å². The molecule has 0 bridgehead atoms. The molecule has 7 heteroatoms. The van der Waals surface area contributed by atoms with Gasteiger partial charge in [-0.15, -0.1) is 0 Å². The molecule has 27 heavy (non-hydrogen) atoms. The highest BCUT2D eigenvalue weighted by atomic mass is 16.8. The quantitative estimate of drug-likeness (QED) is 0.758. The van der Waals surface area contributed by atoms with Gasteiger partial charge in [0.2, 0.25) is 11.7 Å². The van der Waals surface area contributed by atoms with E-state index in [0.717, 1.165) is 0 Å². The number of esters is 2. The Balaban J connectivity index is 2.57. The molecule has 1 aliphatic rings. The molecule has 2 rings (SSSR count).